The van der Waals surface area contributed by atoms with E-state index in [1.807, 2.05) is 0 Å². The highest BCUT2D eigenvalue weighted by molar-refractivity contribution is 5.88. The summed E-state index contributed by atoms with van der Waals surface area (Å²) in [6.45, 7) is 0. The maximum Gasteiger partial charge on any atom is 0.331 e. The summed E-state index contributed by atoms with van der Waals surface area (Å²) in [5.41, 5.74) is 1.94. The molecule has 1 atom stereocenters. The van der Waals surface area contributed by atoms with Crippen LogP contribution in [0.4, 0.5) is 0 Å². The van der Waals surface area contributed by atoms with Crippen molar-refractivity contribution in [1.82, 2.24) is 0 Å². The molecule has 2 heteroatoms. The standard InChI is InChI=1S/C8H10O2/c9-8(10)7-4-5-1-2-6(7)3-5/h5H,1-4H2,(H,9,10)/t5-/m1/s1. The molecule has 2 aliphatic carbocycles. The van der Waals surface area contributed by atoms with E-state index in [4.69, 9.17) is 5.11 Å². The number of rotatable bonds is 1. The van der Waals surface area contributed by atoms with Gasteiger partial charge in [0.1, 0.15) is 0 Å². The van der Waals surface area contributed by atoms with Crippen molar-refractivity contribution in [3.05, 3.63) is 11.1 Å². The predicted octanol–water partition coefficient (Wildman–Crippen LogP) is 1.57. The second kappa shape index (κ2) is 1.84. The molecular formula is C8H10O2. The summed E-state index contributed by atoms with van der Waals surface area (Å²) < 4.78 is 0. The maximum absolute atomic E-state index is 10.5. The molecule has 0 aliphatic heterocycles. The van der Waals surface area contributed by atoms with E-state index in [2.05, 4.69) is 0 Å². The summed E-state index contributed by atoms with van der Waals surface area (Å²) in [5, 5.41) is 8.68. The molecular weight excluding hydrogens is 128 g/mol. The van der Waals surface area contributed by atoms with Gasteiger partial charge in [0.05, 0.1) is 0 Å². The average molecular weight is 138 g/mol. The molecule has 1 fully saturated rings. The van der Waals surface area contributed by atoms with Crippen LogP contribution in [0.25, 0.3) is 0 Å². The van der Waals surface area contributed by atoms with Crippen molar-refractivity contribution < 1.29 is 9.90 Å². The van der Waals surface area contributed by atoms with E-state index in [1.54, 1.807) is 0 Å². The van der Waals surface area contributed by atoms with E-state index >= 15 is 0 Å². The third-order valence-corrected chi connectivity index (χ3v) is 2.57. The quantitative estimate of drug-likeness (QED) is 0.597. The molecule has 2 aliphatic rings. The first kappa shape index (κ1) is 5.96. The summed E-state index contributed by atoms with van der Waals surface area (Å²) in [7, 11) is 0. The number of carboxylic acid groups (broad SMARTS) is 1. The van der Waals surface area contributed by atoms with Gasteiger partial charge in [-0.05, 0) is 31.6 Å². The van der Waals surface area contributed by atoms with Crippen LogP contribution in [0.5, 0.6) is 0 Å². The molecule has 10 heavy (non-hydrogen) atoms. The fourth-order valence-corrected chi connectivity index (χ4v) is 2.05. The summed E-state index contributed by atoms with van der Waals surface area (Å²) >= 11 is 0. The minimum atomic E-state index is -0.683. The largest absolute Gasteiger partial charge is 0.478 e. The molecule has 0 heterocycles. The number of aliphatic carboxylic acids is 1. The average Bonchev–Trinajstić information content (AvgIpc) is 2.44. The minimum Gasteiger partial charge on any atom is -0.478 e. The Bertz CT molecular complexity index is 215. The van der Waals surface area contributed by atoms with Gasteiger partial charge < -0.3 is 5.11 Å². The minimum absolute atomic E-state index is 0.682. The molecule has 1 saturated carbocycles. The second-order valence-corrected chi connectivity index (χ2v) is 3.20. The van der Waals surface area contributed by atoms with E-state index in [9.17, 15) is 4.79 Å². The molecule has 0 saturated heterocycles. The Balaban J connectivity index is 2.30. The fraction of sp³-hybridized carbons (Fsp3) is 0.625. The van der Waals surface area contributed by atoms with Crippen molar-refractivity contribution in [2.24, 2.45) is 5.92 Å². The summed E-state index contributed by atoms with van der Waals surface area (Å²) in [6, 6.07) is 0. The highest BCUT2D eigenvalue weighted by Gasteiger charge is 2.32. The van der Waals surface area contributed by atoms with Crippen LogP contribution in [0.1, 0.15) is 25.7 Å². The van der Waals surface area contributed by atoms with Crippen LogP contribution >= 0.6 is 0 Å². The number of hydrogen-bond acceptors (Lipinski definition) is 1. The van der Waals surface area contributed by atoms with Crippen LogP contribution in [0.15, 0.2) is 11.1 Å². The van der Waals surface area contributed by atoms with E-state index in [0.29, 0.717) is 5.92 Å². The van der Waals surface area contributed by atoms with Crippen molar-refractivity contribution in [2.75, 3.05) is 0 Å². The third kappa shape index (κ3) is 0.681. The molecule has 0 unspecified atom stereocenters. The molecule has 0 spiro atoms. The Hall–Kier alpha value is -0.790. The molecule has 2 rings (SSSR count). The monoisotopic (exact) mass is 138 g/mol. The molecule has 0 aromatic heterocycles. The molecule has 0 aromatic rings. The molecule has 0 radical (unpaired) electrons. The molecule has 0 amide bonds. The van der Waals surface area contributed by atoms with Crippen LogP contribution in [0.3, 0.4) is 0 Å². The van der Waals surface area contributed by atoms with Gasteiger partial charge in [-0.3, -0.25) is 0 Å². The van der Waals surface area contributed by atoms with Gasteiger partial charge in [0.2, 0.25) is 0 Å². The Labute approximate surface area is 59.5 Å². The fourth-order valence-electron chi connectivity index (χ4n) is 2.05. The van der Waals surface area contributed by atoms with E-state index in [0.717, 1.165) is 24.8 Å². The lowest BCUT2D eigenvalue weighted by Gasteiger charge is -2.06. The number of fused-ring (bicyclic) bond motifs is 2. The molecule has 54 valence electrons. The van der Waals surface area contributed by atoms with Gasteiger partial charge in [-0.2, -0.15) is 0 Å². The Morgan fingerprint density at radius 2 is 2.30 bits per heavy atom. The van der Waals surface area contributed by atoms with Gasteiger partial charge in [-0.25, -0.2) is 4.79 Å². The van der Waals surface area contributed by atoms with E-state index < -0.39 is 5.97 Å². The van der Waals surface area contributed by atoms with Gasteiger partial charge in [-0.1, -0.05) is 5.57 Å². The first-order valence-corrected chi connectivity index (χ1v) is 3.71. The van der Waals surface area contributed by atoms with Crippen LogP contribution in [0, 0.1) is 5.92 Å². The van der Waals surface area contributed by atoms with Crippen molar-refractivity contribution in [3.8, 4) is 0 Å². The van der Waals surface area contributed by atoms with Gasteiger partial charge in [-0.15, -0.1) is 0 Å². The molecule has 1 N–H and O–H groups in total. The van der Waals surface area contributed by atoms with Gasteiger partial charge in [0.15, 0.2) is 0 Å². The second-order valence-electron chi connectivity index (χ2n) is 3.20. The van der Waals surface area contributed by atoms with Crippen LogP contribution in [-0.2, 0) is 4.79 Å². The smallest absolute Gasteiger partial charge is 0.331 e. The highest BCUT2D eigenvalue weighted by Crippen LogP contribution is 2.43. The number of carbonyl (C=O) groups is 1. The zero-order chi connectivity index (χ0) is 7.14. The Morgan fingerprint density at radius 1 is 1.50 bits per heavy atom. The van der Waals surface area contributed by atoms with Crippen LogP contribution in [-0.4, -0.2) is 11.1 Å². The molecule has 2 bridgehead atoms. The highest BCUT2D eigenvalue weighted by atomic mass is 16.4. The number of allylic oxidation sites excluding steroid dienone is 1. The summed E-state index contributed by atoms with van der Waals surface area (Å²) in [5.74, 6) is -0.00157. The third-order valence-electron chi connectivity index (χ3n) is 2.57. The van der Waals surface area contributed by atoms with Gasteiger partial charge in [0.25, 0.3) is 0 Å². The SMILES string of the molecule is O=C(O)C1=C2CC[C@H](C2)C1. The van der Waals surface area contributed by atoms with Crippen molar-refractivity contribution in [3.63, 3.8) is 0 Å². The lowest BCUT2D eigenvalue weighted by atomic mass is 9.99. The zero-order valence-corrected chi connectivity index (χ0v) is 5.76. The van der Waals surface area contributed by atoms with Gasteiger partial charge in [0, 0.05) is 5.57 Å². The lowest BCUT2D eigenvalue weighted by molar-refractivity contribution is -0.132. The Morgan fingerprint density at radius 3 is 2.60 bits per heavy atom. The number of carboxylic acids is 1. The molecule has 0 aromatic carbocycles. The lowest BCUT2D eigenvalue weighted by Crippen LogP contribution is -2.04. The topological polar surface area (TPSA) is 37.3 Å². The normalized spacial score (nSPS) is 29.8. The maximum atomic E-state index is 10.5. The Kier molecular flexibility index (Phi) is 1.10. The molecule has 2 nitrogen and oxygen atoms in total. The summed E-state index contributed by atoms with van der Waals surface area (Å²) in [6.07, 6.45) is 4.19. The predicted molar refractivity (Wildman–Crippen MR) is 36.6 cm³/mol. The van der Waals surface area contributed by atoms with E-state index in [-0.39, 0.29) is 0 Å². The first-order chi connectivity index (χ1) is 4.77. The van der Waals surface area contributed by atoms with Crippen molar-refractivity contribution in [2.45, 2.75) is 25.7 Å². The van der Waals surface area contributed by atoms with Crippen molar-refractivity contribution in [1.29, 1.82) is 0 Å². The zero-order valence-electron chi connectivity index (χ0n) is 5.76. The number of hydrogen-bond donors (Lipinski definition) is 1. The summed E-state index contributed by atoms with van der Waals surface area (Å²) in [4.78, 5) is 10.5. The van der Waals surface area contributed by atoms with Gasteiger partial charge >= 0.3 is 5.97 Å². The first-order valence-electron chi connectivity index (χ1n) is 3.71. The van der Waals surface area contributed by atoms with Crippen LogP contribution in [0.2, 0.25) is 0 Å². The van der Waals surface area contributed by atoms with E-state index in [1.165, 1.54) is 12.0 Å². The van der Waals surface area contributed by atoms with Crippen molar-refractivity contribution >= 4 is 5.97 Å². The van der Waals surface area contributed by atoms with Crippen LogP contribution < -0.4 is 0 Å².